The summed E-state index contributed by atoms with van der Waals surface area (Å²) in [6.45, 7) is 6.55. The van der Waals surface area contributed by atoms with E-state index in [1.54, 1.807) is 0 Å². The predicted molar refractivity (Wildman–Crippen MR) is 362 cm³/mol. The van der Waals surface area contributed by atoms with Gasteiger partial charge in [0.1, 0.15) is 13.2 Å². The van der Waals surface area contributed by atoms with Crippen LogP contribution in [-0.4, -0.2) is 37.2 Å². The summed E-state index contributed by atoms with van der Waals surface area (Å²) in [4.78, 5) is 38.5. The fourth-order valence-electron chi connectivity index (χ4n) is 10.6. The molecule has 0 heterocycles. The van der Waals surface area contributed by atoms with Crippen molar-refractivity contribution in [3.63, 3.8) is 0 Å². The van der Waals surface area contributed by atoms with Gasteiger partial charge in [-0.15, -0.1) is 0 Å². The van der Waals surface area contributed by atoms with Gasteiger partial charge in [-0.3, -0.25) is 14.4 Å². The smallest absolute Gasteiger partial charge is 0.306 e. The van der Waals surface area contributed by atoms with Crippen molar-refractivity contribution in [2.24, 2.45) is 0 Å². The second kappa shape index (κ2) is 71.1. The van der Waals surface area contributed by atoms with Gasteiger partial charge in [-0.25, -0.2) is 0 Å². The van der Waals surface area contributed by atoms with E-state index in [4.69, 9.17) is 14.2 Å². The molecule has 1 atom stereocenters. The van der Waals surface area contributed by atoms with Gasteiger partial charge in [0, 0.05) is 19.3 Å². The molecule has 0 aromatic rings. The van der Waals surface area contributed by atoms with Crippen LogP contribution in [0, 0.1) is 0 Å². The van der Waals surface area contributed by atoms with E-state index < -0.39 is 6.10 Å². The number of hydrogen-bond acceptors (Lipinski definition) is 6. The molecule has 0 saturated heterocycles. The minimum absolute atomic E-state index is 0.0896. The zero-order chi connectivity index (χ0) is 59.9. The van der Waals surface area contributed by atoms with Crippen LogP contribution in [0.2, 0.25) is 0 Å². The second-order valence-electron chi connectivity index (χ2n) is 24.1. The number of esters is 3. The fourth-order valence-corrected chi connectivity index (χ4v) is 10.6. The molecule has 0 aromatic carbocycles. The number of unbranched alkanes of at least 4 members (excludes halogenated alkanes) is 41. The molecule has 0 amide bonds. The lowest BCUT2D eigenvalue weighted by atomic mass is 10.0. The topological polar surface area (TPSA) is 78.9 Å². The van der Waals surface area contributed by atoms with Crippen molar-refractivity contribution in [3.05, 3.63) is 85.1 Å². The Morgan fingerprint density at radius 1 is 0.253 bits per heavy atom. The average Bonchev–Trinajstić information content (AvgIpc) is 3.49. The largest absolute Gasteiger partial charge is 0.462 e. The van der Waals surface area contributed by atoms with Crippen molar-refractivity contribution in [3.8, 4) is 0 Å². The summed E-state index contributed by atoms with van der Waals surface area (Å²) < 4.78 is 17.0. The van der Waals surface area contributed by atoms with Crippen molar-refractivity contribution >= 4 is 17.9 Å². The van der Waals surface area contributed by atoms with Crippen molar-refractivity contribution in [2.75, 3.05) is 13.2 Å². The molecule has 0 aliphatic carbocycles. The molecule has 6 nitrogen and oxygen atoms in total. The number of hydrogen-bond donors (Lipinski definition) is 0. The fraction of sp³-hybridized carbons (Fsp3) is 0.779. The summed E-state index contributed by atoms with van der Waals surface area (Å²) in [7, 11) is 0. The van der Waals surface area contributed by atoms with Crippen LogP contribution in [0.5, 0.6) is 0 Å². The molecule has 0 saturated carbocycles. The molecule has 83 heavy (non-hydrogen) atoms. The lowest BCUT2D eigenvalue weighted by Gasteiger charge is -2.18. The average molecular weight is 1160 g/mol. The molecule has 0 spiro atoms. The van der Waals surface area contributed by atoms with Crippen LogP contribution in [0.3, 0.4) is 0 Å². The van der Waals surface area contributed by atoms with E-state index in [1.165, 1.54) is 231 Å². The zero-order valence-corrected chi connectivity index (χ0v) is 55.2. The quantitative estimate of drug-likeness (QED) is 0.0261. The van der Waals surface area contributed by atoms with Gasteiger partial charge in [-0.05, 0) is 70.6 Å². The highest BCUT2D eigenvalue weighted by molar-refractivity contribution is 5.71. The van der Waals surface area contributed by atoms with Gasteiger partial charge < -0.3 is 14.2 Å². The molecule has 6 heteroatoms. The maximum atomic E-state index is 13.0. The first kappa shape index (κ1) is 79.6. The molecule has 0 rings (SSSR count). The van der Waals surface area contributed by atoms with Gasteiger partial charge in [0.15, 0.2) is 6.10 Å². The number of carbonyl (C=O) groups excluding carboxylic acids is 3. The summed E-state index contributed by atoms with van der Waals surface area (Å²) in [5.74, 6) is -0.928. The van der Waals surface area contributed by atoms with Crippen LogP contribution < -0.4 is 0 Å². The lowest BCUT2D eigenvalue weighted by molar-refractivity contribution is -0.167. The third kappa shape index (κ3) is 69.3. The van der Waals surface area contributed by atoms with Crippen LogP contribution in [0.15, 0.2) is 85.1 Å². The number of allylic oxidation sites excluding steroid dienone is 14. The maximum absolute atomic E-state index is 13.0. The third-order valence-electron chi connectivity index (χ3n) is 15.9. The monoisotopic (exact) mass is 1160 g/mol. The highest BCUT2D eigenvalue weighted by Gasteiger charge is 2.19. The van der Waals surface area contributed by atoms with E-state index in [9.17, 15) is 14.4 Å². The van der Waals surface area contributed by atoms with Crippen LogP contribution in [0.1, 0.15) is 367 Å². The third-order valence-corrected chi connectivity index (χ3v) is 15.9. The Labute approximate surface area is 515 Å². The molecule has 0 aliphatic heterocycles. The van der Waals surface area contributed by atoms with Gasteiger partial charge in [-0.2, -0.15) is 0 Å². The van der Waals surface area contributed by atoms with Crippen molar-refractivity contribution in [2.45, 2.75) is 374 Å². The number of ether oxygens (including phenoxy) is 3. The highest BCUT2D eigenvalue weighted by atomic mass is 16.6. The first-order valence-corrected chi connectivity index (χ1v) is 36.1. The Kier molecular flexibility index (Phi) is 68.2. The molecule has 0 radical (unpaired) electrons. The SMILES string of the molecule is CC/C=C\C/C=C\C/C=C\C/C=C\C/C=C\C/C=C\C/C=C\CCCC(=O)OCC(COC(=O)CCCCCCCCCCCCCCCCCCCCC)OC(=O)CCCCCCCCCCCCCCCCCCCCCCCCC. The summed E-state index contributed by atoms with van der Waals surface area (Å²) in [6, 6.07) is 0. The van der Waals surface area contributed by atoms with Gasteiger partial charge in [0.2, 0.25) is 0 Å². The molecule has 0 bridgehead atoms. The Balaban J connectivity index is 4.42. The molecule has 0 fully saturated rings. The Morgan fingerprint density at radius 3 is 0.735 bits per heavy atom. The van der Waals surface area contributed by atoms with E-state index in [-0.39, 0.29) is 37.5 Å². The Bertz CT molecular complexity index is 1570. The number of rotatable bonds is 66. The molecule has 1 unspecified atom stereocenters. The molecular weight excluding hydrogens is 1020 g/mol. The standard InChI is InChI=1S/C77H136O6/c1-4-7-10-13-16-19-22-25-28-31-34-36-38-40-43-46-49-52-55-58-61-64-67-70-76(79)82-73-74(72-81-75(78)69-66-63-60-57-54-51-48-45-42-33-30-27-24-21-18-15-12-9-6-3)83-77(80)71-68-65-62-59-56-53-50-47-44-41-39-37-35-32-29-26-23-20-17-14-11-8-5-2/h7,10,16,19,25,28,34,36,40,43,49,52,58,61,74H,4-6,8-9,11-15,17-18,20-24,26-27,29-33,35,37-39,41-42,44-48,50-51,53-57,59-60,62-73H2,1-3H3/b10-7-,19-16-,28-25-,36-34-,43-40-,52-49-,61-58-. The molecular formula is C77H136O6. The normalized spacial score (nSPS) is 12.6. The van der Waals surface area contributed by atoms with Crippen molar-refractivity contribution < 1.29 is 28.6 Å². The van der Waals surface area contributed by atoms with E-state index in [2.05, 4.69) is 106 Å². The Morgan fingerprint density at radius 2 is 0.470 bits per heavy atom. The molecule has 0 aromatic heterocycles. The van der Waals surface area contributed by atoms with E-state index >= 15 is 0 Å². The van der Waals surface area contributed by atoms with E-state index in [0.717, 1.165) is 89.9 Å². The minimum Gasteiger partial charge on any atom is -0.462 e. The first-order chi connectivity index (χ1) is 41.0. The molecule has 0 N–H and O–H groups in total. The van der Waals surface area contributed by atoms with Crippen LogP contribution in [0.4, 0.5) is 0 Å². The first-order valence-electron chi connectivity index (χ1n) is 36.1. The number of carbonyl (C=O) groups is 3. The predicted octanol–water partition coefficient (Wildman–Crippen LogP) is 25.0. The molecule has 0 aliphatic rings. The highest BCUT2D eigenvalue weighted by Crippen LogP contribution is 2.18. The molecule has 480 valence electrons. The van der Waals surface area contributed by atoms with Gasteiger partial charge >= 0.3 is 17.9 Å². The van der Waals surface area contributed by atoms with E-state index in [1.807, 2.05) is 0 Å². The van der Waals surface area contributed by atoms with Crippen molar-refractivity contribution in [1.82, 2.24) is 0 Å². The minimum atomic E-state index is -0.800. The lowest BCUT2D eigenvalue weighted by Crippen LogP contribution is -2.30. The van der Waals surface area contributed by atoms with Crippen LogP contribution in [-0.2, 0) is 28.6 Å². The van der Waals surface area contributed by atoms with Gasteiger partial charge in [0.25, 0.3) is 0 Å². The summed E-state index contributed by atoms with van der Waals surface area (Å²) in [5.41, 5.74) is 0. The van der Waals surface area contributed by atoms with Crippen LogP contribution >= 0.6 is 0 Å². The van der Waals surface area contributed by atoms with Gasteiger partial charge in [0.05, 0.1) is 0 Å². The van der Waals surface area contributed by atoms with Crippen LogP contribution in [0.25, 0.3) is 0 Å². The summed E-state index contributed by atoms with van der Waals surface area (Å²) in [5, 5.41) is 0. The second-order valence-corrected chi connectivity index (χ2v) is 24.1. The van der Waals surface area contributed by atoms with E-state index in [0.29, 0.717) is 19.3 Å². The van der Waals surface area contributed by atoms with Crippen molar-refractivity contribution in [1.29, 1.82) is 0 Å². The summed E-state index contributed by atoms with van der Waals surface area (Å²) in [6.07, 6.45) is 94.7. The summed E-state index contributed by atoms with van der Waals surface area (Å²) >= 11 is 0. The van der Waals surface area contributed by atoms with Gasteiger partial charge in [-0.1, -0.05) is 363 Å². The Hall–Kier alpha value is -3.41. The zero-order valence-electron chi connectivity index (χ0n) is 55.2. The maximum Gasteiger partial charge on any atom is 0.306 e.